The lowest BCUT2D eigenvalue weighted by atomic mass is 10.2. The molecule has 0 aliphatic heterocycles. The second-order valence-corrected chi connectivity index (χ2v) is 4.45. The van der Waals surface area contributed by atoms with E-state index in [1.807, 2.05) is 0 Å². The van der Waals surface area contributed by atoms with Crippen LogP contribution in [0.3, 0.4) is 0 Å². The number of esters is 1. The normalized spacial score (nSPS) is 9.95. The van der Waals surface area contributed by atoms with Crippen LogP contribution < -0.4 is 9.47 Å². The van der Waals surface area contributed by atoms with Gasteiger partial charge in [0.2, 0.25) is 0 Å². The molecule has 108 valence electrons. The molecule has 0 unspecified atom stereocenters. The minimum absolute atomic E-state index is 0.0188. The number of ether oxygens (including phenoxy) is 2. The van der Waals surface area contributed by atoms with Crippen molar-refractivity contribution in [3.63, 3.8) is 0 Å². The van der Waals surface area contributed by atoms with E-state index in [9.17, 15) is 9.59 Å². The number of carbonyl (C=O) groups excluding carboxylic acids is 1. The lowest BCUT2D eigenvalue weighted by Crippen LogP contribution is -2.19. The van der Waals surface area contributed by atoms with E-state index in [2.05, 4.69) is 0 Å². The van der Waals surface area contributed by atoms with Gasteiger partial charge >= 0.3 is 11.9 Å². The van der Waals surface area contributed by atoms with Crippen LogP contribution in [0.25, 0.3) is 0 Å². The second-order valence-electron chi connectivity index (χ2n) is 4.02. The Morgan fingerprint density at radius 1 is 1.05 bits per heavy atom. The molecular weight excluding hydrogens is 296 g/mol. The molecular formula is C15H11ClO5. The Hall–Kier alpha value is -2.53. The zero-order valence-corrected chi connectivity index (χ0v) is 11.5. The van der Waals surface area contributed by atoms with Gasteiger partial charge in [0, 0.05) is 5.02 Å². The highest BCUT2D eigenvalue weighted by molar-refractivity contribution is 6.30. The molecule has 0 bridgehead atoms. The summed E-state index contributed by atoms with van der Waals surface area (Å²) >= 11 is 5.73. The van der Waals surface area contributed by atoms with Gasteiger partial charge in [0.05, 0.1) is 0 Å². The number of aromatic carboxylic acids is 1. The van der Waals surface area contributed by atoms with Gasteiger partial charge in [-0.05, 0) is 36.4 Å². The molecule has 0 heterocycles. The molecule has 0 saturated carbocycles. The first-order chi connectivity index (χ1) is 10.1. The molecule has 0 fully saturated rings. The minimum Gasteiger partial charge on any atom is -0.482 e. The van der Waals surface area contributed by atoms with Gasteiger partial charge in [0.25, 0.3) is 0 Å². The Balaban J connectivity index is 1.96. The third-order valence-corrected chi connectivity index (χ3v) is 2.76. The van der Waals surface area contributed by atoms with Crippen molar-refractivity contribution in [3.8, 4) is 11.5 Å². The molecule has 21 heavy (non-hydrogen) atoms. The number of hydrogen-bond donors (Lipinski definition) is 1. The summed E-state index contributed by atoms with van der Waals surface area (Å²) in [5, 5.41) is 9.53. The maximum atomic E-state index is 11.7. The molecule has 2 rings (SSSR count). The van der Waals surface area contributed by atoms with E-state index < -0.39 is 11.9 Å². The van der Waals surface area contributed by atoms with E-state index in [0.717, 1.165) is 0 Å². The molecule has 0 aliphatic carbocycles. The lowest BCUT2D eigenvalue weighted by molar-refractivity contribution is -0.136. The summed E-state index contributed by atoms with van der Waals surface area (Å²) in [4.78, 5) is 22.6. The predicted molar refractivity (Wildman–Crippen MR) is 76.0 cm³/mol. The van der Waals surface area contributed by atoms with Crippen LogP contribution in [0.15, 0.2) is 48.5 Å². The van der Waals surface area contributed by atoms with Gasteiger partial charge < -0.3 is 14.6 Å². The Morgan fingerprint density at radius 3 is 2.38 bits per heavy atom. The number of para-hydroxylation sites is 1. The van der Waals surface area contributed by atoms with Crippen molar-refractivity contribution < 1.29 is 24.2 Å². The van der Waals surface area contributed by atoms with Crippen LogP contribution in [0.5, 0.6) is 11.5 Å². The van der Waals surface area contributed by atoms with Crippen molar-refractivity contribution >= 4 is 23.5 Å². The van der Waals surface area contributed by atoms with Gasteiger partial charge in [0.15, 0.2) is 6.61 Å². The van der Waals surface area contributed by atoms with Crippen molar-refractivity contribution in [1.82, 2.24) is 0 Å². The third-order valence-electron chi connectivity index (χ3n) is 2.51. The maximum Gasteiger partial charge on any atom is 0.349 e. The van der Waals surface area contributed by atoms with Crippen LogP contribution >= 0.6 is 11.6 Å². The highest BCUT2D eigenvalue weighted by atomic mass is 35.5. The molecule has 6 heteroatoms. The first-order valence-electron chi connectivity index (χ1n) is 5.97. The number of rotatable bonds is 5. The summed E-state index contributed by atoms with van der Waals surface area (Å²) in [5.41, 5.74) is -0.0858. The molecule has 2 aromatic carbocycles. The summed E-state index contributed by atoms with van der Waals surface area (Å²) in [5.74, 6) is -1.42. The van der Waals surface area contributed by atoms with E-state index in [-0.39, 0.29) is 17.9 Å². The first-order valence-corrected chi connectivity index (χ1v) is 6.35. The fourth-order valence-electron chi connectivity index (χ4n) is 1.56. The molecule has 0 amide bonds. The Morgan fingerprint density at radius 2 is 1.71 bits per heavy atom. The highest BCUT2D eigenvalue weighted by Crippen LogP contribution is 2.19. The van der Waals surface area contributed by atoms with Crippen LogP contribution in [0.2, 0.25) is 5.02 Å². The number of carboxylic acids is 1. The van der Waals surface area contributed by atoms with Crippen molar-refractivity contribution in [1.29, 1.82) is 0 Å². The molecule has 2 aromatic rings. The monoisotopic (exact) mass is 306 g/mol. The summed E-state index contributed by atoms with van der Waals surface area (Å²) in [6, 6.07) is 12.4. The van der Waals surface area contributed by atoms with Gasteiger partial charge in [-0.3, -0.25) is 0 Å². The standard InChI is InChI=1S/C15H11ClO5/c16-10-5-7-11(8-6-10)20-9-14(17)21-13-4-2-1-3-12(13)15(18)19/h1-8H,9H2,(H,18,19). The van der Waals surface area contributed by atoms with Gasteiger partial charge in [0.1, 0.15) is 17.1 Å². The summed E-state index contributed by atoms with van der Waals surface area (Å²) in [7, 11) is 0. The zero-order chi connectivity index (χ0) is 15.2. The molecule has 0 aromatic heterocycles. The largest absolute Gasteiger partial charge is 0.482 e. The maximum absolute atomic E-state index is 11.7. The van der Waals surface area contributed by atoms with Gasteiger partial charge in [-0.2, -0.15) is 0 Å². The number of benzene rings is 2. The molecule has 0 spiro atoms. The molecule has 0 aliphatic rings. The lowest BCUT2D eigenvalue weighted by Gasteiger charge is -2.08. The smallest absolute Gasteiger partial charge is 0.349 e. The quantitative estimate of drug-likeness (QED) is 0.679. The van der Waals surface area contributed by atoms with E-state index in [1.54, 1.807) is 36.4 Å². The van der Waals surface area contributed by atoms with E-state index in [0.29, 0.717) is 10.8 Å². The van der Waals surface area contributed by atoms with Gasteiger partial charge in [-0.15, -0.1) is 0 Å². The van der Waals surface area contributed by atoms with Crippen LogP contribution in [-0.2, 0) is 4.79 Å². The Kier molecular flexibility index (Phi) is 4.79. The zero-order valence-electron chi connectivity index (χ0n) is 10.8. The number of halogens is 1. The minimum atomic E-state index is -1.17. The fourth-order valence-corrected chi connectivity index (χ4v) is 1.68. The summed E-state index contributed by atoms with van der Waals surface area (Å²) < 4.78 is 10.2. The average molecular weight is 307 g/mol. The van der Waals surface area contributed by atoms with Crippen LogP contribution in [0, 0.1) is 0 Å². The van der Waals surface area contributed by atoms with Crippen LogP contribution in [0.1, 0.15) is 10.4 Å². The summed E-state index contributed by atoms with van der Waals surface area (Å²) in [6.45, 7) is -0.338. The highest BCUT2D eigenvalue weighted by Gasteiger charge is 2.14. The number of carbonyl (C=O) groups is 2. The van der Waals surface area contributed by atoms with E-state index in [1.165, 1.54) is 12.1 Å². The third kappa shape index (κ3) is 4.22. The first kappa shape index (κ1) is 14.9. The SMILES string of the molecule is O=C(COc1ccc(Cl)cc1)Oc1ccccc1C(=O)O. The number of hydrogen-bond acceptors (Lipinski definition) is 4. The van der Waals surface area contributed by atoms with Crippen LogP contribution in [0.4, 0.5) is 0 Å². The van der Waals surface area contributed by atoms with Gasteiger partial charge in [-0.1, -0.05) is 23.7 Å². The van der Waals surface area contributed by atoms with Crippen molar-refractivity contribution in [2.24, 2.45) is 0 Å². The van der Waals surface area contributed by atoms with E-state index >= 15 is 0 Å². The Labute approximate surface area is 125 Å². The molecule has 0 radical (unpaired) electrons. The molecule has 0 saturated heterocycles. The number of carboxylic acid groups (broad SMARTS) is 1. The Bertz CT molecular complexity index is 651. The predicted octanol–water partition coefficient (Wildman–Crippen LogP) is 3.02. The molecule has 0 atom stereocenters. The fraction of sp³-hybridized carbons (Fsp3) is 0.0667. The van der Waals surface area contributed by atoms with E-state index in [4.69, 9.17) is 26.2 Å². The second kappa shape index (κ2) is 6.76. The van der Waals surface area contributed by atoms with Crippen molar-refractivity contribution in [3.05, 3.63) is 59.1 Å². The van der Waals surface area contributed by atoms with Crippen molar-refractivity contribution in [2.75, 3.05) is 6.61 Å². The van der Waals surface area contributed by atoms with Crippen molar-refractivity contribution in [2.45, 2.75) is 0 Å². The van der Waals surface area contributed by atoms with Crippen LogP contribution in [-0.4, -0.2) is 23.7 Å². The molecule has 5 nitrogen and oxygen atoms in total. The molecule has 1 N–H and O–H groups in total. The average Bonchev–Trinajstić information content (AvgIpc) is 2.47. The summed E-state index contributed by atoms with van der Waals surface area (Å²) in [6.07, 6.45) is 0. The topological polar surface area (TPSA) is 72.8 Å². The van der Waals surface area contributed by atoms with Gasteiger partial charge in [-0.25, -0.2) is 9.59 Å².